The molecule has 0 saturated heterocycles. The zero-order valence-corrected chi connectivity index (χ0v) is 17.9. The normalized spacial score (nSPS) is 11.7. The molecule has 0 aliphatic heterocycles. The average Bonchev–Trinajstić information content (AvgIpc) is 3.22. The minimum absolute atomic E-state index is 0.162. The topological polar surface area (TPSA) is 70.7 Å². The number of carbonyl (C=O) groups excluding carboxylic acids is 1. The number of amides is 1. The predicted molar refractivity (Wildman–Crippen MR) is 119 cm³/mol. The van der Waals surface area contributed by atoms with Crippen LogP contribution < -0.4 is 5.32 Å². The van der Waals surface area contributed by atoms with Crippen LogP contribution in [0, 0.1) is 24.2 Å². The summed E-state index contributed by atoms with van der Waals surface area (Å²) in [6.07, 6.45) is 3.26. The van der Waals surface area contributed by atoms with Crippen molar-refractivity contribution in [2.45, 2.75) is 40.0 Å². The average molecular weight is 401 g/mol. The molecule has 3 rings (SSSR count). The van der Waals surface area contributed by atoms with E-state index in [1.54, 1.807) is 16.8 Å². The lowest BCUT2D eigenvalue weighted by Crippen LogP contribution is -2.29. The van der Waals surface area contributed by atoms with Gasteiger partial charge in [0.15, 0.2) is 5.69 Å². The van der Waals surface area contributed by atoms with Gasteiger partial charge in [0.2, 0.25) is 0 Å². The Labute approximate surface area is 178 Å². The fraction of sp³-hybridized carbons (Fsp3) is 0.320. The standard InChI is InChI=1S/C25H28N4O/c1-4-6-19(5-2)17-27-25(30)23-15-24(21-11-7-18(3)8-12-21)29(28-23)22-13-9-20(16-26)10-14-22/h7-15,19H,4-6,17H2,1-3H3,(H,27,30). The third-order valence-electron chi connectivity index (χ3n) is 5.36. The van der Waals surface area contributed by atoms with E-state index in [0.29, 0.717) is 23.7 Å². The van der Waals surface area contributed by atoms with Gasteiger partial charge < -0.3 is 5.32 Å². The molecule has 1 aromatic heterocycles. The Bertz CT molecular complexity index is 1030. The molecule has 0 fully saturated rings. The van der Waals surface area contributed by atoms with Crippen LogP contribution in [0.25, 0.3) is 16.9 Å². The Kier molecular flexibility index (Phi) is 7.03. The summed E-state index contributed by atoms with van der Waals surface area (Å²) in [6.45, 7) is 7.02. The molecule has 1 unspecified atom stereocenters. The first kappa shape index (κ1) is 21.3. The van der Waals surface area contributed by atoms with Crippen LogP contribution in [-0.4, -0.2) is 22.2 Å². The molecule has 5 nitrogen and oxygen atoms in total. The number of rotatable bonds is 8. The van der Waals surface area contributed by atoms with Crippen LogP contribution in [0.2, 0.25) is 0 Å². The summed E-state index contributed by atoms with van der Waals surface area (Å²) in [5.41, 5.74) is 4.77. The zero-order chi connectivity index (χ0) is 21.5. The molecular weight excluding hydrogens is 372 g/mol. The summed E-state index contributed by atoms with van der Waals surface area (Å²) < 4.78 is 1.77. The second-order valence-corrected chi connectivity index (χ2v) is 7.62. The summed E-state index contributed by atoms with van der Waals surface area (Å²) >= 11 is 0. The largest absolute Gasteiger partial charge is 0.350 e. The van der Waals surface area contributed by atoms with Crippen LogP contribution in [0.5, 0.6) is 0 Å². The number of benzene rings is 2. The highest BCUT2D eigenvalue weighted by Gasteiger charge is 2.18. The van der Waals surface area contributed by atoms with Gasteiger partial charge in [-0.2, -0.15) is 10.4 Å². The van der Waals surface area contributed by atoms with Crippen molar-refractivity contribution in [2.24, 2.45) is 5.92 Å². The molecule has 0 aliphatic rings. The van der Waals surface area contributed by atoms with Gasteiger partial charge in [0.1, 0.15) is 0 Å². The van der Waals surface area contributed by atoms with Gasteiger partial charge >= 0.3 is 0 Å². The first-order valence-corrected chi connectivity index (χ1v) is 10.5. The van der Waals surface area contributed by atoms with Gasteiger partial charge in [0, 0.05) is 12.1 Å². The molecule has 30 heavy (non-hydrogen) atoms. The number of nitrogens with one attached hydrogen (secondary N) is 1. The maximum absolute atomic E-state index is 12.8. The molecule has 3 aromatic rings. The van der Waals surface area contributed by atoms with Gasteiger partial charge in [-0.3, -0.25) is 4.79 Å². The highest BCUT2D eigenvalue weighted by atomic mass is 16.1. The van der Waals surface area contributed by atoms with Crippen molar-refractivity contribution < 1.29 is 4.79 Å². The molecule has 2 aromatic carbocycles. The fourth-order valence-electron chi connectivity index (χ4n) is 3.48. The van der Waals surface area contributed by atoms with E-state index < -0.39 is 0 Å². The van der Waals surface area contributed by atoms with Gasteiger partial charge in [-0.05, 0) is 49.6 Å². The highest BCUT2D eigenvalue weighted by Crippen LogP contribution is 2.25. The van der Waals surface area contributed by atoms with Gasteiger partial charge in [0.05, 0.1) is 23.0 Å². The molecule has 1 heterocycles. The van der Waals surface area contributed by atoms with Crippen molar-refractivity contribution in [2.75, 3.05) is 6.54 Å². The Morgan fingerprint density at radius 3 is 2.43 bits per heavy atom. The fourth-order valence-corrected chi connectivity index (χ4v) is 3.48. The smallest absolute Gasteiger partial charge is 0.271 e. The van der Waals surface area contributed by atoms with E-state index in [1.165, 1.54) is 5.56 Å². The van der Waals surface area contributed by atoms with Crippen LogP contribution in [0.15, 0.2) is 54.6 Å². The van der Waals surface area contributed by atoms with Gasteiger partial charge in [-0.25, -0.2) is 4.68 Å². The maximum Gasteiger partial charge on any atom is 0.271 e. The quantitative estimate of drug-likeness (QED) is 0.559. The van der Waals surface area contributed by atoms with Crippen LogP contribution in [0.4, 0.5) is 0 Å². The summed E-state index contributed by atoms with van der Waals surface area (Å²) in [7, 11) is 0. The molecule has 1 atom stereocenters. The van der Waals surface area contributed by atoms with E-state index in [1.807, 2.05) is 49.4 Å². The number of nitriles is 1. The molecule has 0 radical (unpaired) electrons. The van der Waals surface area contributed by atoms with Crippen molar-refractivity contribution in [3.05, 3.63) is 71.4 Å². The molecule has 0 saturated carbocycles. The lowest BCUT2D eigenvalue weighted by Gasteiger charge is -2.13. The second kappa shape index (κ2) is 9.89. The van der Waals surface area contributed by atoms with Gasteiger partial charge in [-0.15, -0.1) is 0 Å². The van der Waals surface area contributed by atoms with Gasteiger partial charge in [0.25, 0.3) is 5.91 Å². The number of aryl methyl sites for hydroxylation is 1. The first-order chi connectivity index (χ1) is 14.5. The summed E-state index contributed by atoms with van der Waals surface area (Å²) in [6, 6.07) is 19.3. The third-order valence-corrected chi connectivity index (χ3v) is 5.36. The Morgan fingerprint density at radius 1 is 1.13 bits per heavy atom. The van der Waals surface area contributed by atoms with Crippen LogP contribution in [0.1, 0.15) is 54.7 Å². The van der Waals surface area contributed by atoms with Crippen molar-refractivity contribution in [3.8, 4) is 23.0 Å². The monoisotopic (exact) mass is 400 g/mol. The SMILES string of the molecule is CCCC(CC)CNC(=O)c1cc(-c2ccc(C)cc2)n(-c2ccc(C#N)cc2)n1. The predicted octanol–water partition coefficient (Wildman–Crippen LogP) is 5.28. The molecular formula is C25H28N4O. The Balaban J connectivity index is 1.94. The lowest BCUT2D eigenvalue weighted by atomic mass is 10.0. The van der Waals surface area contributed by atoms with Crippen molar-refractivity contribution in [1.82, 2.24) is 15.1 Å². The molecule has 0 bridgehead atoms. The summed E-state index contributed by atoms with van der Waals surface area (Å²) in [5.74, 6) is 0.321. The van der Waals surface area contributed by atoms with Crippen molar-refractivity contribution in [1.29, 1.82) is 5.26 Å². The highest BCUT2D eigenvalue weighted by molar-refractivity contribution is 5.93. The first-order valence-electron chi connectivity index (χ1n) is 10.5. The minimum atomic E-state index is -0.162. The number of aromatic nitrogens is 2. The molecule has 1 N–H and O–H groups in total. The van der Waals surface area contributed by atoms with Crippen LogP contribution in [-0.2, 0) is 0 Å². The number of nitrogens with zero attached hydrogens (tertiary/aromatic N) is 3. The number of carbonyl (C=O) groups is 1. The van der Waals surface area contributed by atoms with Crippen LogP contribution in [0.3, 0.4) is 0 Å². The maximum atomic E-state index is 12.8. The molecule has 0 aliphatic carbocycles. The van der Waals surface area contributed by atoms with E-state index in [9.17, 15) is 4.79 Å². The van der Waals surface area contributed by atoms with E-state index >= 15 is 0 Å². The van der Waals surface area contributed by atoms with Gasteiger partial charge in [-0.1, -0.05) is 56.5 Å². The number of hydrogen-bond acceptors (Lipinski definition) is 3. The molecule has 0 spiro atoms. The molecule has 154 valence electrons. The lowest BCUT2D eigenvalue weighted by molar-refractivity contribution is 0.0940. The van der Waals surface area contributed by atoms with Crippen LogP contribution >= 0.6 is 0 Å². The second-order valence-electron chi connectivity index (χ2n) is 7.62. The summed E-state index contributed by atoms with van der Waals surface area (Å²) in [5, 5.41) is 16.7. The van der Waals surface area contributed by atoms with Crippen molar-refractivity contribution in [3.63, 3.8) is 0 Å². The molecule has 5 heteroatoms. The Hall–Kier alpha value is -3.39. The van der Waals surface area contributed by atoms with E-state index in [-0.39, 0.29) is 5.91 Å². The van der Waals surface area contributed by atoms with E-state index in [2.05, 4.69) is 30.3 Å². The number of hydrogen-bond donors (Lipinski definition) is 1. The Morgan fingerprint density at radius 2 is 1.83 bits per heavy atom. The third kappa shape index (κ3) is 4.96. The zero-order valence-electron chi connectivity index (χ0n) is 17.9. The van der Waals surface area contributed by atoms with E-state index in [4.69, 9.17) is 5.26 Å². The van der Waals surface area contributed by atoms with Crippen molar-refractivity contribution >= 4 is 5.91 Å². The molecule has 1 amide bonds. The summed E-state index contributed by atoms with van der Waals surface area (Å²) in [4.78, 5) is 12.8. The van der Waals surface area contributed by atoms with E-state index in [0.717, 1.165) is 36.2 Å². The minimum Gasteiger partial charge on any atom is -0.350 e.